The number of sulfonamides is 1. The third-order valence-electron chi connectivity index (χ3n) is 7.05. The maximum absolute atomic E-state index is 13.9. The van der Waals surface area contributed by atoms with Crippen LogP contribution in [0.3, 0.4) is 0 Å². The van der Waals surface area contributed by atoms with Crippen molar-refractivity contribution in [1.82, 2.24) is 20.2 Å². The van der Waals surface area contributed by atoms with E-state index in [1.54, 1.807) is 18.2 Å². The van der Waals surface area contributed by atoms with E-state index < -0.39 is 16.1 Å². The van der Waals surface area contributed by atoms with Crippen molar-refractivity contribution in [1.29, 1.82) is 0 Å². The number of fused-ring (bicyclic) bond motifs is 6. The molecule has 0 spiro atoms. The summed E-state index contributed by atoms with van der Waals surface area (Å²) in [5.41, 5.74) is 3.72. The molecule has 11 heteroatoms. The number of halogens is 1. The molecule has 0 radical (unpaired) electrons. The summed E-state index contributed by atoms with van der Waals surface area (Å²) in [6, 6.07) is 13.7. The van der Waals surface area contributed by atoms with Gasteiger partial charge in [0, 0.05) is 36.3 Å². The zero-order valence-corrected chi connectivity index (χ0v) is 25.0. The summed E-state index contributed by atoms with van der Waals surface area (Å²) >= 11 is 0. The Morgan fingerprint density at radius 1 is 1.02 bits per heavy atom. The summed E-state index contributed by atoms with van der Waals surface area (Å²) in [5.74, 6) is -0.0863. The number of carbonyl (C=O) groups excluding carboxylic acids is 1. The quantitative estimate of drug-likeness (QED) is 0.452. The van der Waals surface area contributed by atoms with Gasteiger partial charge in [-0.25, -0.2) is 18.1 Å². The highest BCUT2D eigenvalue weighted by Gasteiger charge is 2.34. The zero-order valence-electron chi connectivity index (χ0n) is 23.4. The average molecular weight is 586 g/mol. The number of hydrogen-bond donors (Lipinski definition) is 2. The number of nitrogens with one attached hydrogen (secondary N) is 2. The summed E-state index contributed by atoms with van der Waals surface area (Å²) in [5, 5.41) is 3.47. The lowest BCUT2D eigenvalue weighted by molar-refractivity contribution is 0.0559. The molecule has 3 heterocycles. The Hall–Kier alpha value is -3.21. The topological polar surface area (TPSA) is 114 Å². The second-order valence-corrected chi connectivity index (χ2v) is 13.3. The van der Waals surface area contributed by atoms with E-state index in [2.05, 4.69) is 40.8 Å². The van der Waals surface area contributed by atoms with Gasteiger partial charge in [0.25, 0.3) is 15.9 Å². The van der Waals surface area contributed by atoms with Crippen LogP contribution in [0.15, 0.2) is 53.4 Å². The van der Waals surface area contributed by atoms with E-state index in [4.69, 9.17) is 4.74 Å². The first-order chi connectivity index (χ1) is 18.4. The maximum Gasteiger partial charge on any atom is 0.264 e. The fourth-order valence-electron chi connectivity index (χ4n) is 5.36. The number of benzene rings is 2. The Morgan fingerprint density at radius 2 is 1.73 bits per heavy atom. The largest absolute Gasteiger partial charge is 0.471 e. The molecule has 40 heavy (non-hydrogen) atoms. The molecule has 3 aromatic rings. The van der Waals surface area contributed by atoms with Crippen molar-refractivity contribution in [3.8, 4) is 17.1 Å². The van der Waals surface area contributed by atoms with Crippen LogP contribution in [0, 0.1) is 19.3 Å². The first-order valence-electron chi connectivity index (χ1n) is 13.2. The molecule has 2 aromatic carbocycles. The van der Waals surface area contributed by atoms with Gasteiger partial charge in [0.05, 0.1) is 17.1 Å². The van der Waals surface area contributed by atoms with Crippen molar-refractivity contribution in [3.05, 3.63) is 65.2 Å². The van der Waals surface area contributed by atoms with E-state index in [1.165, 1.54) is 12.1 Å². The van der Waals surface area contributed by atoms with E-state index in [-0.39, 0.29) is 46.5 Å². The molecule has 6 bridgehead atoms. The van der Waals surface area contributed by atoms with Crippen molar-refractivity contribution in [2.24, 2.45) is 5.41 Å². The molecule has 1 saturated heterocycles. The minimum absolute atomic E-state index is 0. The molecule has 5 rings (SSSR count). The number of carbonyl (C=O) groups is 1. The van der Waals surface area contributed by atoms with E-state index in [0.29, 0.717) is 30.9 Å². The fourth-order valence-corrected chi connectivity index (χ4v) is 6.35. The lowest BCUT2D eigenvalue weighted by atomic mass is 9.87. The Kier molecular flexibility index (Phi) is 8.44. The van der Waals surface area contributed by atoms with Crippen molar-refractivity contribution >= 4 is 34.3 Å². The van der Waals surface area contributed by atoms with Gasteiger partial charge in [-0.1, -0.05) is 45.0 Å². The highest BCUT2D eigenvalue weighted by atomic mass is 35.5. The van der Waals surface area contributed by atoms with Crippen molar-refractivity contribution in [2.75, 3.05) is 24.4 Å². The lowest BCUT2D eigenvalue weighted by Gasteiger charge is -2.35. The molecule has 0 saturated carbocycles. The number of anilines is 1. The number of nitrogens with zero attached hydrogens (tertiary/aromatic N) is 3. The number of rotatable bonds is 2. The molecule has 214 valence electrons. The highest BCUT2D eigenvalue weighted by molar-refractivity contribution is 7.92. The van der Waals surface area contributed by atoms with E-state index in [0.717, 1.165) is 23.1 Å². The Bertz CT molecular complexity index is 1500. The van der Waals surface area contributed by atoms with Crippen LogP contribution in [0.5, 0.6) is 5.88 Å². The predicted octanol–water partition coefficient (Wildman–Crippen LogP) is 4.59. The summed E-state index contributed by atoms with van der Waals surface area (Å²) < 4.78 is 35.7. The van der Waals surface area contributed by atoms with Gasteiger partial charge in [-0.2, -0.15) is 4.98 Å². The number of ether oxygens (including phenoxy) is 1. The van der Waals surface area contributed by atoms with E-state index in [1.807, 2.05) is 36.9 Å². The molecule has 2 atom stereocenters. The van der Waals surface area contributed by atoms with Gasteiger partial charge in [0.1, 0.15) is 6.10 Å². The molecule has 2 aliphatic heterocycles. The minimum Gasteiger partial charge on any atom is -0.471 e. The first-order valence-corrected chi connectivity index (χ1v) is 14.6. The number of hydrogen-bond acceptors (Lipinski definition) is 7. The van der Waals surface area contributed by atoms with Crippen molar-refractivity contribution in [2.45, 2.75) is 58.1 Å². The van der Waals surface area contributed by atoms with Crippen LogP contribution in [0.2, 0.25) is 0 Å². The molecular weight excluding hydrogens is 550 g/mol. The number of aryl methyl sites for hydroxylation is 2. The van der Waals surface area contributed by atoms with Crippen LogP contribution in [0.1, 0.15) is 48.7 Å². The second-order valence-electron chi connectivity index (χ2n) is 11.6. The van der Waals surface area contributed by atoms with E-state index >= 15 is 0 Å². The molecule has 2 N–H and O–H groups in total. The predicted molar refractivity (Wildman–Crippen MR) is 158 cm³/mol. The Morgan fingerprint density at radius 3 is 2.42 bits per heavy atom. The smallest absolute Gasteiger partial charge is 0.264 e. The number of amides is 1. The van der Waals surface area contributed by atoms with Gasteiger partial charge in [0.15, 0.2) is 0 Å². The van der Waals surface area contributed by atoms with Crippen LogP contribution >= 0.6 is 12.4 Å². The molecule has 1 aromatic heterocycles. The maximum atomic E-state index is 13.9. The molecule has 0 unspecified atom stereocenters. The standard InChI is InChI=1S/C29H35N5O4S.ClH/c1-18-8-6-9-19(2)26(18)24-13-25-32-28(31-24)33-39(36,37)23-11-7-10-20(12-23)27(35)34-17-22(38-25)16-30-15-21(34)14-29(3,4)5;/h6-13,21-22,30H,14-17H2,1-5H3,(H,31,32,33);1H/t21-,22+;/m0./s1. The van der Waals surface area contributed by atoms with Gasteiger partial charge in [0.2, 0.25) is 11.8 Å². The van der Waals surface area contributed by atoms with Gasteiger partial charge >= 0.3 is 0 Å². The van der Waals surface area contributed by atoms with Gasteiger partial charge in [-0.05, 0) is 55.0 Å². The third-order valence-corrected chi connectivity index (χ3v) is 8.37. The summed E-state index contributed by atoms with van der Waals surface area (Å²) in [6.45, 7) is 11.8. The monoisotopic (exact) mass is 585 g/mol. The zero-order chi connectivity index (χ0) is 27.9. The van der Waals surface area contributed by atoms with Gasteiger partial charge in [-0.15, -0.1) is 12.4 Å². The molecular formula is C29H36ClN5O4S. The van der Waals surface area contributed by atoms with E-state index in [9.17, 15) is 13.2 Å². The minimum atomic E-state index is -4.09. The van der Waals surface area contributed by atoms with Gasteiger partial charge < -0.3 is 15.0 Å². The normalized spacial score (nSPS) is 20.4. The summed E-state index contributed by atoms with van der Waals surface area (Å²) in [4.78, 5) is 24.7. The molecule has 9 nitrogen and oxygen atoms in total. The van der Waals surface area contributed by atoms with Crippen LogP contribution in [-0.4, -0.2) is 61.0 Å². The summed E-state index contributed by atoms with van der Waals surface area (Å²) in [7, 11) is -4.09. The van der Waals surface area contributed by atoms with Crippen LogP contribution < -0.4 is 14.8 Å². The average Bonchev–Trinajstić information content (AvgIpc) is 3.03. The first kappa shape index (κ1) is 29.8. The van der Waals surface area contributed by atoms with Crippen molar-refractivity contribution < 1.29 is 17.9 Å². The molecule has 1 amide bonds. The lowest BCUT2D eigenvalue weighted by Crippen LogP contribution is -2.47. The molecule has 2 aliphatic rings. The Labute approximate surface area is 242 Å². The number of aromatic nitrogens is 2. The van der Waals surface area contributed by atoms with Gasteiger partial charge in [-0.3, -0.25) is 4.79 Å². The fraction of sp³-hybridized carbons (Fsp3) is 0.414. The molecule has 1 fully saturated rings. The van der Waals surface area contributed by atoms with Crippen LogP contribution in [0.4, 0.5) is 5.95 Å². The SMILES string of the molecule is Cc1cccc(C)c1-c1cc2nc(n1)NS(=O)(=O)c1cccc(c1)C(=O)N1C[C@@H](CNC[C@@H]1CC(C)(C)C)O2.Cl. The van der Waals surface area contributed by atoms with Crippen LogP contribution in [-0.2, 0) is 10.0 Å². The third kappa shape index (κ3) is 6.40. The van der Waals surface area contributed by atoms with Crippen LogP contribution in [0.25, 0.3) is 11.3 Å². The Balaban J connectivity index is 0.00000370. The molecule has 0 aliphatic carbocycles. The summed E-state index contributed by atoms with van der Waals surface area (Å²) in [6.07, 6.45) is 0.361. The second kappa shape index (κ2) is 11.3. The highest BCUT2D eigenvalue weighted by Crippen LogP contribution is 2.31. The van der Waals surface area contributed by atoms with Crippen molar-refractivity contribution in [3.63, 3.8) is 0 Å².